The standard InChI is InChI=1S/C23H21N3O5/c1-16(31-21-13-11-20(12-14-21)26(29)30)22(27)24-18-8-6-7-17(15-18)23(28)25(2)19-9-4-3-5-10-19/h3-16H,1-2H3,(H,24,27). The summed E-state index contributed by atoms with van der Waals surface area (Å²) in [4.78, 5) is 37.0. The van der Waals surface area contributed by atoms with Crippen molar-refractivity contribution in [2.75, 3.05) is 17.3 Å². The molecule has 0 bridgehead atoms. The summed E-state index contributed by atoms with van der Waals surface area (Å²) in [6.07, 6.45) is -0.854. The van der Waals surface area contributed by atoms with Gasteiger partial charge >= 0.3 is 0 Å². The highest BCUT2D eigenvalue weighted by molar-refractivity contribution is 6.06. The molecule has 2 amide bonds. The van der Waals surface area contributed by atoms with Crippen molar-refractivity contribution < 1.29 is 19.2 Å². The van der Waals surface area contributed by atoms with Gasteiger partial charge in [0.25, 0.3) is 17.5 Å². The summed E-state index contributed by atoms with van der Waals surface area (Å²) in [7, 11) is 1.68. The van der Waals surface area contributed by atoms with Gasteiger partial charge in [-0.15, -0.1) is 0 Å². The van der Waals surface area contributed by atoms with Gasteiger partial charge in [0.05, 0.1) is 4.92 Å². The van der Waals surface area contributed by atoms with E-state index in [0.717, 1.165) is 5.69 Å². The van der Waals surface area contributed by atoms with Crippen molar-refractivity contribution in [3.63, 3.8) is 0 Å². The Hall–Kier alpha value is -4.20. The van der Waals surface area contributed by atoms with Crippen molar-refractivity contribution in [1.82, 2.24) is 0 Å². The van der Waals surface area contributed by atoms with Crippen molar-refractivity contribution in [1.29, 1.82) is 0 Å². The molecule has 0 saturated carbocycles. The molecule has 0 fully saturated rings. The van der Waals surface area contributed by atoms with Crippen molar-refractivity contribution in [2.45, 2.75) is 13.0 Å². The van der Waals surface area contributed by atoms with Gasteiger partial charge in [0.2, 0.25) is 0 Å². The minimum Gasteiger partial charge on any atom is -0.481 e. The number of carbonyl (C=O) groups excluding carboxylic acids is 2. The van der Waals surface area contributed by atoms with Crippen LogP contribution in [0.1, 0.15) is 17.3 Å². The van der Waals surface area contributed by atoms with Crippen molar-refractivity contribution in [3.05, 3.63) is 94.5 Å². The number of hydrogen-bond donors (Lipinski definition) is 1. The maximum absolute atomic E-state index is 12.8. The van der Waals surface area contributed by atoms with E-state index in [4.69, 9.17) is 4.74 Å². The van der Waals surface area contributed by atoms with Crippen LogP contribution in [-0.4, -0.2) is 29.9 Å². The van der Waals surface area contributed by atoms with Crippen LogP contribution in [-0.2, 0) is 4.79 Å². The Morgan fingerprint density at radius 1 is 1.00 bits per heavy atom. The van der Waals surface area contributed by atoms with Gasteiger partial charge in [-0.05, 0) is 49.4 Å². The first-order chi connectivity index (χ1) is 14.8. The summed E-state index contributed by atoms with van der Waals surface area (Å²) in [5.74, 6) is -0.293. The van der Waals surface area contributed by atoms with Gasteiger partial charge in [0.1, 0.15) is 5.75 Å². The Morgan fingerprint density at radius 3 is 2.32 bits per heavy atom. The van der Waals surface area contributed by atoms with Crippen LogP contribution in [0.15, 0.2) is 78.9 Å². The van der Waals surface area contributed by atoms with Gasteiger partial charge < -0.3 is 15.0 Å². The quantitative estimate of drug-likeness (QED) is 0.455. The van der Waals surface area contributed by atoms with E-state index >= 15 is 0 Å². The molecule has 158 valence electrons. The number of hydrogen-bond acceptors (Lipinski definition) is 5. The molecule has 0 aliphatic heterocycles. The van der Waals surface area contributed by atoms with Crippen LogP contribution in [0.2, 0.25) is 0 Å². The lowest BCUT2D eigenvalue weighted by Gasteiger charge is -2.18. The van der Waals surface area contributed by atoms with E-state index in [2.05, 4.69) is 5.32 Å². The molecule has 0 aliphatic rings. The van der Waals surface area contributed by atoms with Crippen LogP contribution in [0.5, 0.6) is 5.75 Å². The Morgan fingerprint density at radius 2 is 1.68 bits per heavy atom. The number of nitrogens with zero attached hydrogens (tertiary/aromatic N) is 2. The summed E-state index contributed by atoms with van der Waals surface area (Å²) in [6.45, 7) is 1.56. The first kappa shape index (κ1) is 21.5. The summed E-state index contributed by atoms with van der Waals surface area (Å²) in [5, 5.41) is 13.4. The average molecular weight is 419 g/mol. The highest BCUT2D eigenvalue weighted by atomic mass is 16.6. The number of non-ortho nitro benzene ring substituents is 1. The Kier molecular flexibility index (Phi) is 6.61. The third kappa shape index (κ3) is 5.45. The maximum Gasteiger partial charge on any atom is 0.269 e. The second-order valence-electron chi connectivity index (χ2n) is 6.78. The van der Waals surface area contributed by atoms with Crippen LogP contribution in [0.25, 0.3) is 0 Å². The first-order valence-corrected chi connectivity index (χ1v) is 9.50. The van der Waals surface area contributed by atoms with E-state index < -0.39 is 16.9 Å². The highest BCUT2D eigenvalue weighted by Gasteiger charge is 2.18. The van der Waals surface area contributed by atoms with Gasteiger partial charge in [0, 0.05) is 36.1 Å². The molecule has 8 nitrogen and oxygen atoms in total. The highest BCUT2D eigenvalue weighted by Crippen LogP contribution is 2.20. The van der Waals surface area contributed by atoms with Crippen molar-refractivity contribution in [3.8, 4) is 5.75 Å². The second-order valence-corrected chi connectivity index (χ2v) is 6.78. The Balaban J connectivity index is 1.65. The molecule has 3 aromatic carbocycles. The molecule has 0 radical (unpaired) electrons. The molecule has 1 N–H and O–H groups in total. The summed E-state index contributed by atoms with van der Waals surface area (Å²) in [5.41, 5.74) is 1.57. The summed E-state index contributed by atoms with van der Waals surface area (Å²) >= 11 is 0. The number of nitro benzene ring substituents is 1. The molecular weight excluding hydrogens is 398 g/mol. The minimum atomic E-state index is -0.854. The molecule has 8 heteroatoms. The molecule has 0 heterocycles. The zero-order valence-electron chi connectivity index (χ0n) is 17.0. The summed E-state index contributed by atoms with van der Waals surface area (Å²) < 4.78 is 5.55. The van der Waals surface area contributed by atoms with Crippen LogP contribution < -0.4 is 15.0 Å². The number of rotatable bonds is 7. The van der Waals surface area contributed by atoms with E-state index in [1.54, 1.807) is 38.2 Å². The third-order valence-corrected chi connectivity index (χ3v) is 4.55. The van der Waals surface area contributed by atoms with Crippen molar-refractivity contribution in [2.24, 2.45) is 0 Å². The number of amides is 2. The topological polar surface area (TPSA) is 102 Å². The van der Waals surface area contributed by atoms with Crippen LogP contribution in [0.3, 0.4) is 0 Å². The van der Waals surface area contributed by atoms with Gasteiger partial charge in [-0.1, -0.05) is 24.3 Å². The number of benzene rings is 3. The third-order valence-electron chi connectivity index (χ3n) is 4.55. The summed E-state index contributed by atoms with van der Waals surface area (Å²) in [6, 6.07) is 21.3. The fraction of sp³-hybridized carbons (Fsp3) is 0.130. The van der Waals surface area contributed by atoms with Crippen molar-refractivity contribution >= 4 is 28.9 Å². The molecule has 0 aromatic heterocycles. The molecule has 0 saturated heterocycles. The van der Waals surface area contributed by atoms with E-state index in [0.29, 0.717) is 17.0 Å². The normalized spacial score (nSPS) is 11.3. The maximum atomic E-state index is 12.8. The van der Waals surface area contributed by atoms with E-state index in [1.165, 1.54) is 29.2 Å². The molecule has 3 aromatic rings. The lowest BCUT2D eigenvalue weighted by molar-refractivity contribution is -0.384. The average Bonchev–Trinajstić information content (AvgIpc) is 2.79. The molecule has 0 aliphatic carbocycles. The first-order valence-electron chi connectivity index (χ1n) is 9.50. The van der Waals surface area contributed by atoms with Crippen LogP contribution in [0.4, 0.5) is 17.1 Å². The molecule has 1 atom stereocenters. The van der Waals surface area contributed by atoms with Gasteiger partial charge in [-0.25, -0.2) is 0 Å². The lowest BCUT2D eigenvalue weighted by Crippen LogP contribution is -2.30. The van der Waals surface area contributed by atoms with Crippen LogP contribution in [0, 0.1) is 10.1 Å². The minimum absolute atomic E-state index is 0.0635. The molecule has 31 heavy (non-hydrogen) atoms. The van der Waals surface area contributed by atoms with E-state index in [9.17, 15) is 19.7 Å². The molecule has 0 spiro atoms. The molecule has 1 unspecified atom stereocenters. The monoisotopic (exact) mass is 419 g/mol. The van der Waals surface area contributed by atoms with Gasteiger partial charge in [-0.3, -0.25) is 19.7 Å². The van der Waals surface area contributed by atoms with E-state index in [1.807, 2.05) is 30.3 Å². The number of anilines is 2. The van der Waals surface area contributed by atoms with Crippen LogP contribution >= 0.6 is 0 Å². The van der Waals surface area contributed by atoms with E-state index in [-0.39, 0.29) is 11.6 Å². The number of carbonyl (C=O) groups is 2. The number of nitrogens with one attached hydrogen (secondary N) is 1. The number of para-hydroxylation sites is 1. The predicted molar refractivity (Wildman–Crippen MR) is 117 cm³/mol. The fourth-order valence-electron chi connectivity index (χ4n) is 2.84. The fourth-order valence-corrected chi connectivity index (χ4v) is 2.84. The van der Waals surface area contributed by atoms with Gasteiger partial charge in [0.15, 0.2) is 6.10 Å². The van der Waals surface area contributed by atoms with Gasteiger partial charge in [-0.2, -0.15) is 0 Å². The molecule has 3 rings (SSSR count). The second kappa shape index (κ2) is 9.53. The zero-order valence-corrected chi connectivity index (χ0v) is 17.0. The number of ether oxygens (including phenoxy) is 1. The predicted octanol–water partition coefficient (Wildman–Crippen LogP) is 4.28. The Labute approximate surface area is 179 Å². The zero-order chi connectivity index (χ0) is 22.4. The molecular formula is C23H21N3O5. The Bertz CT molecular complexity index is 1080. The smallest absolute Gasteiger partial charge is 0.269 e. The number of nitro groups is 1. The largest absolute Gasteiger partial charge is 0.481 e. The lowest BCUT2D eigenvalue weighted by atomic mass is 10.1. The SMILES string of the molecule is CC(Oc1ccc([N+](=O)[O-])cc1)C(=O)Nc1cccc(C(=O)N(C)c2ccccc2)c1.